The van der Waals surface area contributed by atoms with Crippen LogP contribution in [-0.4, -0.2) is 62.7 Å². The number of hydrogen-bond donors (Lipinski definition) is 1. The second-order valence-corrected chi connectivity index (χ2v) is 8.05. The summed E-state index contributed by atoms with van der Waals surface area (Å²) in [6.45, 7) is 2.00. The standard InChI is InChI=1S/C24H24F4N4O3/c1-15-3-4-16(11-20(15)25)23(34)32-9-8-31(14-21(32)22(33)30-7-10-35-2)18-6-5-17(13-29)19(12-18)24(26,27)28/h3-6,11-12,21H,7-10,14H2,1-2H3,(H,30,33). The van der Waals surface area contributed by atoms with E-state index < -0.39 is 41.0 Å². The van der Waals surface area contributed by atoms with Gasteiger partial charge in [-0.25, -0.2) is 4.39 Å². The van der Waals surface area contributed by atoms with Crippen LogP contribution in [0, 0.1) is 24.1 Å². The van der Waals surface area contributed by atoms with Crippen molar-refractivity contribution in [1.29, 1.82) is 5.26 Å². The molecular weight excluding hydrogens is 468 g/mol. The van der Waals surface area contributed by atoms with E-state index in [2.05, 4.69) is 5.32 Å². The molecule has 0 bridgehead atoms. The lowest BCUT2D eigenvalue weighted by Crippen LogP contribution is -2.61. The molecule has 1 N–H and O–H groups in total. The average Bonchev–Trinajstić information content (AvgIpc) is 2.84. The number of amides is 2. The summed E-state index contributed by atoms with van der Waals surface area (Å²) in [5.74, 6) is -1.64. The summed E-state index contributed by atoms with van der Waals surface area (Å²) in [5.41, 5.74) is -0.993. The van der Waals surface area contributed by atoms with Crippen molar-refractivity contribution in [3.05, 3.63) is 64.5 Å². The van der Waals surface area contributed by atoms with Crippen molar-refractivity contribution >= 4 is 17.5 Å². The quantitative estimate of drug-likeness (QED) is 0.495. The number of anilines is 1. The Morgan fingerprint density at radius 2 is 1.94 bits per heavy atom. The predicted octanol–water partition coefficient (Wildman–Crippen LogP) is 3.12. The van der Waals surface area contributed by atoms with Gasteiger partial charge in [0.25, 0.3) is 5.91 Å². The number of methoxy groups -OCH3 is 1. The Kier molecular flexibility index (Phi) is 7.96. The highest BCUT2D eigenvalue weighted by atomic mass is 19.4. The number of hydrogen-bond acceptors (Lipinski definition) is 5. The van der Waals surface area contributed by atoms with Crippen molar-refractivity contribution in [3.63, 3.8) is 0 Å². The van der Waals surface area contributed by atoms with Crippen LogP contribution < -0.4 is 10.2 Å². The Morgan fingerprint density at radius 3 is 2.57 bits per heavy atom. The lowest BCUT2D eigenvalue weighted by molar-refractivity contribution is -0.137. The third-order valence-corrected chi connectivity index (χ3v) is 5.76. The predicted molar refractivity (Wildman–Crippen MR) is 119 cm³/mol. The Morgan fingerprint density at radius 1 is 1.20 bits per heavy atom. The van der Waals surface area contributed by atoms with Crippen LogP contribution in [0.15, 0.2) is 36.4 Å². The molecule has 0 aliphatic carbocycles. The van der Waals surface area contributed by atoms with E-state index >= 15 is 0 Å². The molecule has 186 valence electrons. The summed E-state index contributed by atoms with van der Waals surface area (Å²) in [5, 5.41) is 11.7. The zero-order valence-electron chi connectivity index (χ0n) is 19.2. The van der Waals surface area contributed by atoms with Crippen molar-refractivity contribution < 1.29 is 31.9 Å². The molecule has 1 aliphatic rings. The zero-order valence-corrected chi connectivity index (χ0v) is 19.2. The van der Waals surface area contributed by atoms with Gasteiger partial charge in [0.15, 0.2) is 0 Å². The number of benzene rings is 2. The Hall–Kier alpha value is -3.65. The van der Waals surface area contributed by atoms with Crippen LogP contribution in [0.3, 0.4) is 0 Å². The van der Waals surface area contributed by atoms with Crippen LogP contribution in [0.5, 0.6) is 0 Å². The van der Waals surface area contributed by atoms with Gasteiger partial charge in [0, 0.05) is 44.5 Å². The number of alkyl halides is 3. The van der Waals surface area contributed by atoms with E-state index in [4.69, 9.17) is 10.00 Å². The van der Waals surface area contributed by atoms with Crippen LogP contribution in [0.2, 0.25) is 0 Å². The minimum absolute atomic E-state index is 0.0120. The highest BCUT2D eigenvalue weighted by Crippen LogP contribution is 2.35. The van der Waals surface area contributed by atoms with Crippen molar-refractivity contribution in [2.45, 2.75) is 19.1 Å². The van der Waals surface area contributed by atoms with Gasteiger partial charge < -0.3 is 19.9 Å². The lowest BCUT2D eigenvalue weighted by Gasteiger charge is -2.41. The van der Waals surface area contributed by atoms with Gasteiger partial charge >= 0.3 is 6.18 Å². The van der Waals surface area contributed by atoms with E-state index in [0.29, 0.717) is 5.56 Å². The van der Waals surface area contributed by atoms with Crippen LogP contribution in [0.4, 0.5) is 23.2 Å². The second kappa shape index (κ2) is 10.7. The minimum atomic E-state index is -4.73. The van der Waals surface area contributed by atoms with Crippen LogP contribution in [-0.2, 0) is 15.7 Å². The normalized spacial score (nSPS) is 16.1. The molecule has 11 heteroatoms. The first-order valence-electron chi connectivity index (χ1n) is 10.8. The highest BCUT2D eigenvalue weighted by molar-refractivity contribution is 5.98. The maximum Gasteiger partial charge on any atom is 0.417 e. The third-order valence-electron chi connectivity index (χ3n) is 5.76. The monoisotopic (exact) mass is 492 g/mol. The molecule has 2 amide bonds. The smallest absolute Gasteiger partial charge is 0.383 e. The van der Waals surface area contributed by atoms with Crippen LogP contribution in [0.1, 0.15) is 27.0 Å². The molecule has 1 aliphatic heterocycles. The minimum Gasteiger partial charge on any atom is -0.383 e. The SMILES string of the molecule is COCCNC(=O)C1CN(c2ccc(C#N)c(C(F)(F)F)c2)CCN1C(=O)c1ccc(C)c(F)c1. The highest BCUT2D eigenvalue weighted by Gasteiger charge is 2.38. The number of aryl methyl sites for hydroxylation is 1. The zero-order chi connectivity index (χ0) is 25.8. The first kappa shape index (κ1) is 26.0. The molecule has 2 aromatic rings. The molecule has 1 saturated heterocycles. The van der Waals surface area contributed by atoms with E-state index in [1.807, 2.05) is 0 Å². The van der Waals surface area contributed by atoms with Gasteiger partial charge in [-0.15, -0.1) is 0 Å². The summed E-state index contributed by atoms with van der Waals surface area (Å²) in [4.78, 5) is 29.0. The molecule has 2 aromatic carbocycles. The Labute approximate surface area is 199 Å². The van der Waals surface area contributed by atoms with Crippen molar-refractivity contribution in [2.24, 2.45) is 0 Å². The number of nitrogens with zero attached hydrogens (tertiary/aromatic N) is 3. The molecular formula is C24H24F4N4O3. The maximum absolute atomic E-state index is 14.1. The maximum atomic E-state index is 14.1. The molecule has 0 saturated carbocycles. The average molecular weight is 492 g/mol. The third kappa shape index (κ3) is 5.89. The van der Waals surface area contributed by atoms with Gasteiger partial charge in [-0.1, -0.05) is 6.07 Å². The number of carbonyl (C=O) groups is 2. The molecule has 35 heavy (non-hydrogen) atoms. The second-order valence-electron chi connectivity index (χ2n) is 8.05. The van der Waals surface area contributed by atoms with Crippen molar-refractivity contribution in [2.75, 3.05) is 44.8 Å². The summed E-state index contributed by atoms with van der Waals surface area (Å²) in [6, 6.07) is 7.83. The van der Waals surface area contributed by atoms with Gasteiger partial charge in [0.05, 0.1) is 23.8 Å². The number of halogens is 4. The summed E-state index contributed by atoms with van der Waals surface area (Å²) >= 11 is 0. The topological polar surface area (TPSA) is 85.7 Å². The molecule has 1 unspecified atom stereocenters. The van der Waals surface area contributed by atoms with Crippen molar-refractivity contribution in [3.8, 4) is 6.07 Å². The molecule has 7 nitrogen and oxygen atoms in total. The Bertz CT molecular complexity index is 1150. The van der Waals surface area contributed by atoms with Gasteiger partial charge in [-0.3, -0.25) is 9.59 Å². The van der Waals surface area contributed by atoms with Gasteiger partial charge in [0.1, 0.15) is 11.9 Å². The fourth-order valence-electron chi connectivity index (χ4n) is 3.83. The number of ether oxygens (including phenoxy) is 1. The summed E-state index contributed by atoms with van der Waals surface area (Å²) < 4.78 is 59.3. The summed E-state index contributed by atoms with van der Waals surface area (Å²) in [7, 11) is 1.46. The fourth-order valence-corrected chi connectivity index (χ4v) is 3.83. The van der Waals surface area contributed by atoms with E-state index in [1.165, 1.54) is 36.3 Å². The van der Waals surface area contributed by atoms with Crippen LogP contribution >= 0.6 is 0 Å². The van der Waals surface area contributed by atoms with Gasteiger partial charge in [0.2, 0.25) is 5.91 Å². The number of nitrogens with one attached hydrogen (secondary N) is 1. The molecule has 1 heterocycles. The molecule has 1 atom stereocenters. The lowest BCUT2D eigenvalue weighted by atomic mass is 10.0. The molecule has 0 aromatic heterocycles. The van der Waals surface area contributed by atoms with Crippen LogP contribution in [0.25, 0.3) is 0 Å². The van der Waals surface area contributed by atoms with E-state index in [-0.39, 0.29) is 44.0 Å². The largest absolute Gasteiger partial charge is 0.417 e. The Balaban J connectivity index is 1.91. The van der Waals surface area contributed by atoms with Gasteiger partial charge in [-0.2, -0.15) is 18.4 Å². The van der Waals surface area contributed by atoms with Crippen molar-refractivity contribution in [1.82, 2.24) is 10.2 Å². The van der Waals surface area contributed by atoms with E-state index in [1.54, 1.807) is 11.8 Å². The molecule has 3 rings (SSSR count). The first-order valence-corrected chi connectivity index (χ1v) is 10.8. The molecule has 1 fully saturated rings. The number of rotatable bonds is 6. The van der Waals surface area contributed by atoms with Gasteiger partial charge in [-0.05, 0) is 42.8 Å². The van der Waals surface area contributed by atoms with E-state index in [9.17, 15) is 27.2 Å². The summed E-state index contributed by atoms with van der Waals surface area (Å²) in [6.07, 6.45) is -4.73. The first-order chi connectivity index (χ1) is 16.6. The molecule has 0 radical (unpaired) electrons. The molecule has 0 spiro atoms. The number of nitriles is 1. The number of carbonyl (C=O) groups excluding carboxylic acids is 2. The number of piperazine rings is 1. The fraction of sp³-hybridized carbons (Fsp3) is 0.375. The van der Waals surface area contributed by atoms with E-state index in [0.717, 1.165) is 18.2 Å².